The van der Waals surface area contributed by atoms with E-state index in [1.165, 1.54) is 12.1 Å². The van der Waals surface area contributed by atoms with Crippen LogP contribution in [0.2, 0.25) is 0 Å². The molecule has 0 aromatic heterocycles. The topological polar surface area (TPSA) is 86.7 Å². The summed E-state index contributed by atoms with van der Waals surface area (Å²) in [6.45, 7) is 2.00. The second-order valence-corrected chi connectivity index (χ2v) is 5.54. The van der Waals surface area contributed by atoms with Crippen molar-refractivity contribution in [1.29, 1.82) is 0 Å². The van der Waals surface area contributed by atoms with Crippen LogP contribution in [0.3, 0.4) is 0 Å². The Balaban J connectivity index is 2.01. The third-order valence-electron chi connectivity index (χ3n) is 3.94. The standard InChI is InChI=1S/C19H16N2O4/c1-2-12-7-9-14(10-8-12)21-18(24)15(17(23)20-19(21)25)11-13-5-3-4-6-16(13)22/h3-11,22H,2H2,1H3,(H,20,23,25)/b15-11-. The van der Waals surface area contributed by atoms with E-state index in [2.05, 4.69) is 5.32 Å². The molecular formula is C19H16N2O4. The zero-order valence-corrected chi connectivity index (χ0v) is 13.5. The molecule has 1 aliphatic rings. The van der Waals surface area contributed by atoms with Crippen LogP contribution in [0.15, 0.2) is 54.1 Å². The second-order valence-electron chi connectivity index (χ2n) is 5.54. The van der Waals surface area contributed by atoms with Crippen molar-refractivity contribution in [3.63, 3.8) is 0 Å². The largest absolute Gasteiger partial charge is 0.507 e. The number of hydrogen-bond donors (Lipinski definition) is 2. The SMILES string of the molecule is CCc1ccc(N2C(=O)NC(=O)/C(=C/c3ccccc3O)C2=O)cc1. The average Bonchev–Trinajstić information content (AvgIpc) is 2.60. The molecular weight excluding hydrogens is 320 g/mol. The molecule has 0 radical (unpaired) electrons. The van der Waals surface area contributed by atoms with Crippen molar-refractivity contribution >= 4 is 29.6 Å². The second kappa shape index (κ2) is 6.60. The van der Waals surface area contributed by atoms with Crippen molar-refractivity contribution < 1.29 is 19.5 Å². The molecule has 0 aliphatic carbocycles. The summed E-state index contributed by atoms with van der Waals surface area (Å²) in [5.74, 6) is -1.59. The van der Waals surface area contributed by atoms with Crippen molar-refractivity contribution in [2.24, 2.45) is 0 Å². The van der Waals surface area contributed by atoms with Crippen LogP contribution in [0.5, 0.6) is 5.75 Å². The summed E-state index contributed by atoms with van der Waals surface area (Å²) in [6.07, 6.45) is 2.10. The quantitative estimate of drug-likeness (QED) is 0.666. The molecule has 1 saturated heterocycles. The monoisotopic (exact) mass is 336 g/mol. The van der Waals surface area contributed by atoms with Gasteiger partial charge in [-0.15, -0.1) is 0 Å². The molecule has 4 amide bonds. The number of carbonyl (C=O) groups is 3. The lowest BCUT2D eigenvalue weighted by Crippen LogP contribution is -2.54. The van der Waals surface area contributed by atoms with Gasteiger partial charge in [0, 0.05) is 5.56 Å². The first-order chi connectivity index (χ1) is 12.0. The molecule has 2 aromatic rings. The summed E-state index contributed by atoms with van der Waals surface area (Å²) in [6, 6.07) is 12.5. The maximum absolute atomic E-state index is 12.7. The van der Waals surface area contributed by atoms with Crippen molar-refractivity contribution in [3.05, 3.63) is 65.2 Å². The van der Waals surface area contributed by atoms with Gasteiger partial charge >= 0.3 is 6.03 Å². The van der Waals surface area contributed by atoms with Crippen molar-refractivity contribution in [3.8, 4) is 5.75 Å². The summed E-state index contributed by atoms with van der Waals surface area (Å²) in [7, 11) is 0. The highest BCUT2D eigenvalue weighted by molar-refractivity contribution is 6.39. The number of nitrogens with zero attached hydrogens (tertiary/aromatic N) is 1. The Morgan fingerprint density at radius 1 is 1.04 bits per heavy atom. The number of aryl methyl sites for hydroxylation is 1. The highest BCUT2D eigenvalue weighted by Crippen LogP contribution is 2.24. The Hall–Kier alpha value is -3.41. The molecule has 1 heterocycles. The molecule has 2 aromatic carbocycles. The highest BCUT2D eigenvalue weighted by Gasteiger charge is 2.36. The molecule has 1 aliphatic heterocycles. The number of phenols is 1. The fourth-order valence-corrected chi connectivity index (χ4v) is 2.54. The number of hydrogen-bond acceptors (Lipinski definition) is 4. The van der Waals surface area contributed by atoms with Gasteiger partial charge in [-0.05, 0) is 36.3 Å². The Morgan fingerprint density at radius 2 is 1.72 bits per heavy atom. The van der Waals surface area contributed by atoms with Gasteiger partial charge in [0.05, 0.1) is 5.69 Å². The van der Waals surface area contributed by atoms with Crippen LogP contribution < -0.4 is 10.2 Å². The molecule has 6 nitrogen and oxygen atoms in total. The van der Waals surface area contributed by atoms with Gasteiger partial charge in [-0.25, -0.2) is 9.69 Å². The summed E-state index contributed by atoms with van der Waals surface area (Å²) in [4.78, 5) is 37.8. The summed E-state index contributed by atoms with van der Waals surface area (Å²) in [5.41, 5.74) is 1.53. The number of anilines is 1. The van der Waals surface area contributed by atoms with E-state index in [4.69, 9.17) is 0 Å². The number of barbiturate groups is 1. The predicted octanol–water partition coefficient (Wildman–Crippen LogP) is 2.62. The lowest BCUT2D eigenvalue weighted by Gasteiger charge is -2.26. The lowest BCUT2D eigenvalue weighted by atomic mass is 10.1. The molecule has 2 N–H and O–H groups in total. The first-order valence-corrected chi connectivity index (χ1v) is 7.79. The predicted molar refractivity (Wildman–Crippen MR) is 92.9 cm³/mol. The van der Waals surface area contributed by atoms with Crippen LogP contribution >= 0.6 is 0 Å². The summed E-state index contributed by atoms with van der Waals surface area (Å²) < 4.78 is 0. The van der Waals surface area contributed by atoms with Gasteiger partial charge in [0.25, 0.3) is 11.8 Å². The van der Waals surface area contributed by atoms with Gasteiger partial charge in [-0.1, -0.05) is 37.3 Å². The average molecular weight is 336 g/mol. The molecule has 0 atom stereocenters. The molecule has 6 heteroatoms. The number of para-hydroxylation sites is 1. The minimum Gasteiger partial charge on any atom is -0.507 e. The first kappa shape index (κ1) is 16.4. The molecule has 0 spiro atoms. The molecule has 3 rings (SSSR count). The number of imide groups is 2. The normalized spacial score (nSPS) is 16.3. The van der Waals surface area contributed by atoms with E-state index < -0.39 is 17.8 Å². The molecule has 0 saturated carbocycles. The third-order valence-corrected chi connectivity index (χ3v) is 3.94. The van der Waals surface area contributed by atoms with Crippen molar-refractivity contribution in [2.75, 3.05) is 4.90 Å². The molecule has 25 heavy (non-hydrogen) atoms. The Morgan fingerprint density at radius 3 is 2.36 bits per heavy atom. The summed E-state index contributed by atoms with van der Waals surface area (Å²) >= 11 is 0. The fourth-order valence-electron chi connectivity index (χ4n) is 2.54. The van der Waals surface area contributed by atoms with Crippen LogP contribution in [0.4, 0.5) is 10.5 Å². The number of nitrogens with one attached hydrogen (secondary N) is 1. The number of phenolic OH excluding ortho intramolecular Hbond substituents is 1. The van der Waals surface area contributed by atoms with Crippen LogP contribution in [-0.4, -0.2) is 23.0 Å². The van der Waals surface area contributed by atoms with Gasteiger partial charge in [-0.3, -0.25) is 14.9 Å². The van der Waals surface area contributed by atoms with E-state index in [9.17, 15) is 19.5 Å². The van der Waals surface area contributed by atoms with Gasteiger partial charge in [-0.2, -0.15) is 0 Å². The van der Waals surface area contributed by atoms with Gasteiger partial charge in [0.2, 0.25) is 0 Å². The van der Waals surface area contributed by atoms with Crippen molar-refractivity contribution in [2.45, 2.75) is 13.3 Å². The van der Waals surface area contributed by atoms with Crippen LogP contribution in [0.1, 0.15) is 18.1 Å². The molecule has 126 valence electrons. The van der Waals surface area contributed by atoms with Crippen molar-refractivity contribution in [1.82, 2.24) is 5.32 Å². The number of rotatable bonds is 3. The zero-order chi connectivity index (χ0) is 18.0. The molecule has 0 bridgehead atoms. The summed E-state index contributed by atoms with van der Waals surface area (Å²) in [5, 5.41) is 12.0. The van der Waals surface area contributed by atoms with E-state index in [-0.39, 0.29) is 11.3 Å². The number of amides is 4. The number of urea groups is 1. The van der Waals surface area contributed by atoms with E-state index in [1.54, 1.807) is 30.3 Å². The Kier molecular flexibility index (Phi) is 4.35. The number of aromatic hydroxyl groups is 1. The van der Waals surface area contributed by atoms with Gasteiger partial charge < -0.3 is 5.11 Å². The van der Waals surface area contributed by atoms with Crippen LogP contribution in [0, 0.1) is 0 Å². The Labute approximate surface area is 144 Å². The highest BCUT2D eigenvalue weighted by atomic mass is 16.3. The van der Waals surface area contributed by atoms with E-state index >= 15 is 0 Å². The zero-order valence-electron chi connectivity index (χ0n) is 13.5. The molecule has 0 unspecified atom stereocenters. The minimum absolute atomic E-state index is 0.0636. The lowest BCUT2D eigenvalue weighted by molar-refractivity contribution is -0.122. The van der Waals surface area contributed by atoms with Crippen LogP contribution in [-0.2, 0) is 16.0 Å². The molecule has 1 fully saturated rings. The van der Waals surface area contributed by atoms with Gasteiger partial charge in [0.15, 0.2) is 0 Å². The number of benzene rings is 2. The smallest absolute Gasteiger partial charge is 0.335 e. The Bertz CT molecular complexity index is 885. The third kappa shape index (κ3) is 3.14. The maximum Gasteiger partial charge on any atom is 0.335 e. The first-order valence-electron chi connectivity index (χ1n) is 7.79. The van der Waals surface area contributed by atoms with Crippen LogP contribution in [0.25, 0.3) is 6.08 Å². The van der Waals surface area contributed by atoms with E-state index in [1.807, 2.05) is 19.1 Å². The van der Waals surface area contributed by atoms with E-state index in [0.717, 1.165) is 16.9 Å². The maximum atomic E-state index is 12.7. The number of carbonyl (C=O) groups excluding carboxylic acids is 3. The minimum atomic E-state index is -0.798. The fraction of sp³-hybridized carbons (Fsp3) is 0.105. The van der Waals surface area contributed by atoms with E-state index in [0.29, 0.717) is 11.3 Å². The van der Waals surface area contributed by atoms with Gasteiger partial charge in [0.1, 0.15) is 11.3 Å².